The van der Waals surface area contributed by atoms with Gasteiger partial charge in [0.05, 0.1) is 16.7 Å². The highest BCUT2D eigenvalue weighted by molar-refractivity contribution is 6.37. The van der Waals surface area contributed by atoms with E-state index in [1.807, 2.05) is 0 Å². The zero-order chi connectivity index (χ0) is 21.3. The van der Waals surface area contributed by atoms with E-state index in [9.17, 15) is 24.7 Å². The van der Waals surface area contributed by atoms with Crippen LogP contribution in [0.2, 0.25) is 10.0 Å². The predicted molar refractivity (Wildman–Crippen MR) is 105 cm³/mol. The van der Waals surface area contributed by atoms with Crippen molar-refractivity contribution < 1.29 is 24.1 Å². The molecule has 0 aliphatic carbocycles. The van der Waals surface area contributed by atoms with E-state index < -0.39 is 23.1 Å². The fourth-order valence-corrected chi connectivity index (χ4v) is 3.43. The Morgan fingerprint density at radius 1 is 1.31 bits per heavy atom. The molecule has 0 saturated carbocycles. The summed E-state index contributed by atoms with van der Waals surface area (Å²) >= 11 is 11.7. The molecule has 0 radical (unpaired) electrons. The number of hydrogen-bond acceptors (Lipinski definition) is 5. The maximum Gasteiger partial charge on any atom is 0.268 e. The van der Waals surface area contributed by atoms with Crippen molar-refractivity contribution >= 4 is 34.9 Å². The lowest BCUT2D eigenvalue weighted by Gasteiger charge is -2.18. The van der Waals surface area contributed by atoms with Crippen molar-refractivity contribution in [2.45, 2.75) is 13.0 Å². The van der Waals surface area contributed by atoms with Crippen molar-refractivity contribution in [3.8, 4) is 17.6 Å². The van der Waals surface area contributed by atoms with Crippen molar-refractivity contribution in [3.63, 3.8) is 0 Å². The highest BCUT2D eigenvalue weighted by atomic mass is 35.5. The quantitative estimate of drug-likeness (QED) is 0.424. The number of aromatic hydroxyl groups is 1. The predicted octanol–water partition coefficient (Wildman–Crippen LogP) is 4.22. The lowest BCUT2D eigenvalue weighted by atomic mass is 10.1. The summed E-state index contributed by atoms with van der Waals surface area (Å²) in [6.07, 6.45) is 0.646. The number of phenols is 1. The number of halogens is 3. The second kappa shape index (κ2) is 8.19. The summed E-state index contributed by atoms with van der Waals surface area (Å²) < 4.78 is 19.6. The number of likely N-dealkylation sites (N-methyl/N-ethyl adjacent to an activating group) is 1. The van der Waals surface area contributed by atoms with Gasteiger partial charge in [-0.2, -0.15) is 5.26 Å². The number of nitriles is 1. The van der Waals surface area contributed by atoms with Crippen LogP contribution in [0.25, 0.3) is 5.76 Å². The third-order valence-electron chi connectivity index (χ3n) is 4.47. The van der Waals surface area contributed by atoms with Gasteiger partial charge < -0.3 is 19.8 Å². The van der Waals surface area contributed by atoms with Gasteiger partial charge in [0.15, 0.2) is 11.3 Å². The molecule has 1 aliphatic rings. The van der Waals surface area contributed by atoms with E-state index in [-0.39, 0.29) is 33.5 Å². The van der Waals surface area contributed by atoms with Crippen molar-refractivity contribution in [3.05, 3.63) is 62.4 Å². The summed E-state index contributed by atoms with van der Waals surface area (Å²) in [7, 11) is 1.38. The minimum absolute atomic E-state index is 0.0167. The molecular formula is C20H15Cl2FN2O4. The molecule has 2 aromatic carbocycles. The van der Waals surface area contributed by atoms with E-state index in [0.717, 1.165) is 10.5 Å². The van der Waals surface area contributed by atoms with E-state index >= 15 is 0 Å². The molecule has 6 nitrogen and oxygen atoms in total. The number of aliphatic hydroxyl groups excluding tert-OH is 1. The molecule has 0 bridgehead atoms. The zero-order valence-electron chi connectivity index (χ0n) is 15.2. The smallest absolute Gasteiger partial charge is 0.268 e. The third kappa shape index (κ3) is 4.09. The topological polar surface area (TPSA) is 93.8 Å². The summed E-state index contributed by atoms with van der Waals surface area (Å²) in [6, 6.07) is 6.89. The molecule has 2 N–H and O–H groups in total. The number of fused-ring (bicyclic) bond motifs is 1. The van der Waals surface area contributed by atoms with E-state index in [1.54, 1.807) is 12.1 Å². The van der Waals surface area contributed by atoms with Crippen LogP contribution in [0.5, 0.6) is 11.5 Å². The molecule has 0 spiro atoms. The third-order valence-corrected chi connectivity index (χ3v) is 5.04. The molecule has 1 aliphatic heterocycles. The van der Waals surface area contributed by atoms with Crippen LogP contribution in [-0.4, -0.2) is 34.7 Å². The summed E-state index contributed by atoms with van der Waals surface area (Å²) in [5.41, 5.74) is 0.513. The normalized spacial score (nSPS) is 13.2. The fraction of sp³-hybridized carbons (Fsp3) is 0.200. The number of rotatable bonds is 4. The van der Waals surface area contributed by atoms with E-state index in [4.69, 9.17) is 27.9 Å². The van der Waals surface area contributed by atoms with Gasteiger partial charge in [0.2, 0.25) is 0 Å². The van der Waals surface area contributed by atoms with Gasteiger partial charge in [0.1, 0.15) is 23.4 Å². The highest BCUT2D eigenvalue weighted by Crippen LogP contribution is 2.35. The molecule has 1 amide bonds. The molecule has 0 unspecified atom stereocenters. The Labute approximate surface area is 176 Å². The Hall–Kier alpha value is -2.95. The van der Waals surface area contributed by atoms with Gasteiger partial charge in [-0.05, 0) is 23.8 Å². The number of benzene rings is 2. The van der Waals surface area contributed by atoms with E-state index in [2.05, 4.69) is 0 Å². The van der Waals surface area contributed by atoms with Crippen LogP contribution in [0.3, 0.4) is 0 Å². The molecule has 2 aromatic rings. The van der Waals surface area contributed by atoms with Gasteiger partial charge in [0, 0.05) is 37.2 Å². The van der Waals surface area contributed by atoms with Crippen molar-refractivity contribution in [2.75, 3.05) is 13.7 Å². The first-order valence-electron chi connectivity index (χ1n) is 8.44. The van der Waals surface area contributed by atoms with Crippen LogP contribution in [0.4, 0.5) is 4.39 Å². The lowest BCUT2D eigenvalue weighted by Crippen LogP contribution is -2.28. The van der Waals surface area contributed by atoms with Gasteiger partial charge in [-0.1, -0.05) is 23.2 Å². The lowest BCUT2D eigenvalue weighted by molar-refractivity contribution is -0.126. The number of nitrogens with zero attached hydrogens (tertiary/aromatic N) is 2. The number of phenolic OH excluding ortho intramolecular Hbond substituents is 1. The highest BCUT2D eigenvalue weighted by Gasteiger charge is 2.24. The summed E-state index contributed by atoms with van der Waals surface area (Å²) in [6.45, 7) is 0.355. The zero-order valence-corrected chi connectivity index (χ0v) is 16.7. The van der Waals surface area contributed by atoms with Gasteiger partial charge in [-0.15, -0.1) is 0 Å². The Kier molecular flexibility index (Phi) is 5.87. The second-order valence-corrected chi connectivity index (χ2v) is 7.25. The van der Waals surface area contributed by atoms with Crippen LogP contribution in [-0.2, 0) is 17.8 Å². The SMILES string of the molecule is CN(Cc1cc2c(cc1F)OCC2)C(=O)/C(C#N)=C(\O)c1cc(Cl)c(O)c(Cl)c1. The maximum absolute atomic E-state index is 14.3. The Bertz CT molecular complexity index is 1060. The largest absolute Gasteiger partial charge is 0.506 e. The van der Waals surface area contributed by atoms with Crippen LogP contribution in [0.1, 0.15) is 16.7 Å². The minimum Gasteiger partial charge on any atom is -0.506 e. The van der Waals surface area contributed by atoms with Gasteiger partial charge in [-0.3, -0.25) is 4.79 Å². The van der Waals surface area contributed by atoms with E-state index in [0.29, 0.717) is 18.8 Å². The summed E-state index contributed by atoms with van der Waals surface area (Å²) in [5.74, 6) is -1.91. The molecule has 150 valence electrons. The van der Waals surface area contributed by atoms with Crippen LogP contribution < -0.4 is 4.74 Å². The average molecular weight is 437 g/mol. The molecule has 0 atom stereocenters. The van der Waals surface area contributed by atoms with Crippen LogP contribution >= 0.6 is 23.2 Å². The molecular weight excluding hydrogens is 422 g/mol. The minimum atomic E-state index is -0.818. The van der Waals surface area contributed by atoms with Gasteiger partial charge in [-0.25, -0.2) is 4.39 Å². The van der Waals surface area contributed by atoms with Crippen LogP contribution in [0.15, 0.2) is 29.8 Å². The first-order valence-corrected chi connectivity index (χ1v) is 9.19. The van der Waals surface area contributed by atoms with E-state index in [1.165, 1.54) is 25.2 Å². The fourth-order valence-electron chi connectivity index (χ4n) is 2.94. The Morgan fingerprint density at radius 2 is 1.97 bits per heavy atom. The van der Waals surface area contributed by atoms with Gasteiger partial charge in [0.25, 0.3) is 5.91 Å². The maximum atomic E-state index is 14.3. The molecule has 9 heteroatoms. The standard InChI is InChI=1S/C20H15Cl2FN2O4/c1-25(9-12-4-10-2-3-29-17(10)7-16(12)23)20(28)13(8-24)18(26)11-5-14(21)19(27)15(22)6-11/h4-7,26-27H,2-3,9H2,1H3/b18-13-. The van der Waals surface area contributed by atoms with Crippen molar-refractivity contribution in [1.82, 2.24) is 4.90 Å². The summed E-state index contributed by atoms with van der Waals surface area (Å²) in [4.78, 5) is 13.8. The van der Waals surface area contributed by atoms with Crippen molar-refractivity contribution in [1.29, 1.82) is 5.26 Å². The monoisotopic (exact) mass is 436 g/mol. The number of carbonyl (C=O) groups is 1. The average Bonchev–Trinajstić information content (AvgIpc) is 3.13. The number of ether oxygens (including phenoxy) is 1. The summed E-state index contributed by atoms with van der Waals surface area (Å²) in [5, 5.41) is 29.1. The van der Waals surface area contributed by atoms with Crippen molar-refractivity contribution in [2.24, 2.45) is 0 Å². The first-order chi connectivity index (χ1) is 13.7. The molecule has 0 fully saturated rings. The Morgan fingerprint density at radius 3 is 2.59 bits per heavy atom. The molecule has 0 aromatic heterocycles. The molecule has 29 heavy (non-hydrogen) atoms. The molecule has 3 rings (SSSR count). The number of carbonyl (C=O) groups excluding carboxylic acids is 1. The van der Waals surface area contributed by atoms with Crippen LogP contribution in [0, 0.1) is 17.1 Å². The number of hydrogen-bond donors (Lipinski definition) is 2. The Balaban J connectivity index is 1.89. The second-order valence-electron chi connectivity index (χ2n) is 6.43. The number of aliphatic hydroxyl groups is 1. The first kappa shape index (κ1) is 20.8. The molecule has 1 heterocycles. The van der Waals surface area contributed by atoms with Gasteiger partial charge >= 0.3 is 0 Å². The number of amides is 1. The molecule has 0 saturated heterocycles.